The van der Waals surface area contributed by atoms with Crippen molar-refractivity contribution in [1.82, 2.24) is 30.7 Å². The quantitative estimate of drug-likeness (QED) is 0.0200. The van der Waals surface area contributed by atoms with E-state index in [0.717, 1.165) is 67.0 Å². The van der Waals surface area contributed by atoms with Gasteiger partial charge in [0.05, 0.1) is 38.0 Å². The second-order valence-electron chi connectivity index (χ2n) is 17.6. The molecule has 2 saturated heterocycles. The molecule has 4 heterocycles. The van der Waals surface area contributed by atoms with E-state index in [-0.39, 0.29) is 41.9 Å². The fourth-order valence-electron chi connectivity index (χ4n) is 8.71. The maximum Gasteiger partial charge on any atom is 0.255 e. The Morgan fingerprint density at radius 3 is 2.38 bits per heavy atom. The summed E-state index contributed by atoms with van der Waals surface area (Å²) in [5.41, 5.74) is 4.32. The summed E-state index contributed by atoms with van der Waals surface area (Å²) < 4.78 is 17.6. The smallest absolute Gasteiger partial charge is 0.255 e. The standard InChI is InChI=1S/C51H64N10O7/c1-35(56-47(63)38-11-7-12-39(32-38)59-51(20-25-60(2)26-21-51)50(53)58-46(52)36-18-22-54-23-19-36)37-10-8-13-40(33-37)68-28-6-4-3-5-27-66-30-31-67-29-24-55-43-15-9-14-41-42(43)34-61(49(41)65)44-16-17-45(62)57-48(44)64/h7-15,18-19,22-23,32-33,35,44,55,59H,3-6,16-17,20-21,24-31,34H2,1-2H3,(H,56,63)(H3,52,53,58)(H,57,62,64)/t35-,44?/m1/s1. The number of aromatic nitrogens is 1. The predicted molar refractivity (Wildman–Crippen MR) is 260 cm³/mol. The van der Waals surface area contributed by atoms with E-state index >= 15 is 0 Å². The van der Waals surface area contributed by atoms with E-state index in [1.807, 2.05) is 61.5 Å². The molecule has 4 amide bonds. The molecule has 0 aliphatic carbocycles. The number of anilines is 2. The number of pyridine rings is 1. The molecule has 7 N–H and O–H groups in total. The monoisotopic (exact) mass is 928 g/mol. The van der Waals surface area contributed by atoms with Crippen LogP contribution >= 0.6 is 0 Å². The number of carbonyl (C=O) groups is 4. The molecule has 1 aromatic heterocycles. The van der Waals surface area contributed by atoms with Crippen LogP contribution in [-0.2, 0) is 25.6 Å². The highest BCUT2D eigenvalue weighted by atomic mass is 16.5. The molecular weight excluding hydrogens is 865 g/mol. The number of unbranched alkanes of at least 4 members (excludes halogenated alkanes) is 3. The number of likely N-dealkylation sites (tertiary alicyclic amines) is 1. The van der Waals surface area contributed by atoms with E-state index in [4.69, 9.17) is 25.0 Å². The Balaban J connectivity index is 0.752. The van der Waals surface area contributed by atoms with Gasteiger partial charge in [0.1, 0.15) is 23.5 Å². The molecule has 17 heteroatoms. The predicted octanol–water partition coefficient (Wildman–Crippen LogP) is 5.89. The maximum absolute atomic E-state index is 13.6. The maximum atomic E-state index is 13.6. The number of imide groups is 1. The van der Waals surface area contributed by atoms with Crippen molar-refractivity contribution >= 4 is 46.7 Å². The molecule has 3 aliphatic rings. The fourth-order valence-corrected chi connectivity index (χ4v) is 8.71. The average molecular weight is 929 g/mol. The van der Waals surface area contributed by atoms with Crippen LogP contribution in [0.4, 0.5) is 11.4 Å². The molecule has 2 fully saturated rings. The molecule has 68 heavy (non-hydrogen) atoms. The number of ether oxygens (including phenoxy) is 3. The Labute approximate surface area is 398 Å². The van der Waals surface area contributed by atoms with E-state index < -0.39 is 17.5 Å². The lowest BCUT2D eigenvalue weighted by Gasteiger charge is -2.42. The lowest BCUT2D eigenvalue weighted by molar-refractivity contribution is -0.136. The molecule has 4 aromatic rings. The summed E-state index contributed by atoms with van der Waals surface area (Å²) in [5.74, 6) is -0.0321. The Bertz CT molecular complexity index is 2410. The van der Waals surface area contributed by atoms with Crippen LogP contribution in [0, 0.1) is 10.8 Å². The number of nitrogens with zero attached hydrogens (tertiary/aromatic N) is 3. The SMILES string of the molecule is C[C@@H](NC(=O)c1cccc(NC2(C(=N)NC(=N)c3ccncc3)CCN(C)CC2)c1)c1cccc(OCCCCCCOCCOCCNc2cccc3c2CN(C2CCC(=O)NC2=O)C3=O)c1. The summed E-state index contributed by atoms with van der Waals surface area (Å²) in [6.45, 7) is 7.06. The van der Waals surface area contributed by atoms with Gasteiger partial charge < -0.3 is 45.3 Å². The molecule has 7 rings (SSSR count). The van der Waals surface area contributed by atoms with Crippen LogP contribution in [0.25, 0.3) is 0 Å². The van der Waals surface area contributed by atoms with E-state index in [0.29, 0.717) is 82.1 Å². The Kier molecular flexibility index (Phi) is 17.3. The Hall–Kier alpha value is -6.69. The summed E-state index contributed by atoms with van der Waals surface area (Å²) in [6, 6.07) is 23.2. The second kappa shape index (κ2) is 23.9. The van der Waals surface area contributed by atoms with Gasteiger partial charge in [-0.15, -0.1) is 0 Å². The van der Waals surface area contributed by atoms with Gasteiger partial charge in [-0.3, -0.25) is 40.3 Å². The van der Waals surface area contributed by atoms with Crippen molar-refractivity contribution in [3.8, 4) is 5.75 Å². The number of piperidine rings is 2. The first-order chi connectivity index (χ1) is 33.0. The molecule has 17 nitrogen and oxygen atoms in total. The molecular formula is C51H64N10O7. The van der Waals surface area contributed by atoms with Gasteiger partial charge in [0.25, 0.3) is 11.8 Å². The first-order valence-corrected chi connectivity index (χ1v) is 23.6. The summed E-state index contributed by atoms with van der Waals surface area (Å²) in [6.07, 6.45) is 9.00. The van der Waals surface area contributed by atoms with E-state index in [2.05, 4.69) is 43.5 Å². The molecule has 3 aliphatic heterocycles. The van der Waals surface area contributed by atoms with Crippen molar-refractivity contribution in [3.63, 3.8) is 0 Å². The normalized spacial score (nSPS) is 17.2. The fraction of sp³-hybridized carbons (Fsp3) is 0.431. The zero-order valence-electron chi connectivity index (χ0n) is 39.0. The molecule has 1 unspecified atom stereocenters. The number of carbonyl (C=O) groups excluding carboxylic acids is 4. The van der Waals surface area contributed by atoms with Gasteiger partial charge >= 0.3 is 0 Å². The number of fused-ring (bicyclic) bond motifs is 1. The number of benzene rings is 3. The van der Waals surface area contributed by atoms with E-state index in [1.165, 1.54) is 0 Å². The summed E-state index contributed by atoms with van der Waals surface area (Å²) in [5, 5.41) is 33.1. The van der Waals surface area contributed by atoms with Crippen molar-refractivity contribution in [2.24, 2.45) is 0 Å². The van der Waals surface area contributed by atoms with Crippen LogP contribution < -0.4 is 31.3 Å². The van der Waals surface area contributed by atoms with Crippen LogP contribution in [0.3, 0.4) is 0 Å². The topological polar surface area (TPSA) is 223 Å². The molecule has 0 radical (unpaired) electrons. The zero-order chi connectivity index (χ0) is 47.9. The second-order valence-corrected chi connectivity index (χ2v) is 17.6. The molecule has 360 valence electrons. The third-order valence-electron chi connectivity index (χ3n) is 12.7. The van der Waals surface area contributed by atoms with Gasteiger partial charge in [-0.2, -0.15) is 0 Å². The zero-order valence-corrected chi connectivity index (χ0v) is 39.0. The third kappa shape index (κ3) is 13.0. The minimum absolute atomic E-state index is 0.133. The van der Waals surface area contributed by atoms with Crippen molar-refractivity contribution in [1.29, 1.82) is 10.8 Å². The Morgan fingerprint density at radius 2 is 1.60 bits per heavy atom. The lowest BCUT2D eigenvalue weighted by atomic mass is 9.85. The minimum Gasteiger partial charge on any atom is -0.494 e. The van der Waals surface area contributed by atoms with E-state index in [9.17, 15) is 19.2 Å². The minimum atomic E-state index is -0.743. The number of rotatable bonds is 23. The number of hydrogen-bond acceptors (Lipinski definition) is 13. The van der Waals surface area contributed by atoms with Crippen molar-refractivity contribution in [2.45, 2.75) is 82.5 Å². The molecule has 3 aromatic carbocycles. The highest BCUT2D eigenvalue weighted by Crippen LogP contribution is 2.33. The average Bonchev–Trinajstić information content (AvgIpc) is 3.68. The van der Waals surface area contributed by atoms with E-state index in [1.54, 1.807) is 41.6 Å². The number of amides is 4. The van der Waals surface area contributed by atoms with Crippen molar-refractivity contribution < 1.29 is 33.4 Å². The number of nitrogens with one attached hydrogen (secondary N) is 7. The molecule has 0 saturated carbocycles. The summed E-state index contributed by atoms with van der Waals surface area (Å²) in [7, 11) is 2.06. The molecule has 2 atom stereocenters. The molecule has 0 spiro atoms. The van der Waals surface area contributed by atoms with Gasteiger partial charge in [-0.1, -0.05) is 30.7 Å². The third-order valence-corrected chi connectivity index (χ3v) is 12.7. The summed E-state index contributed by atoms with van der Waals surface area (Å²) >= 11 is 0. The first kappa shape index (κ1) is 49.2. The van der Waals surface area contributed by atoms with Crippen LogP contribution in [0.15, 0.2) is 91.3 Å². The highest BCUT2D eigenvalue weighted by molar-refractivity contribution is 6.10. The highest BCUT2D eigenvalue weighted by Gasteiger charge is 2.41. The first-order valence-electron chi connectivity index (χ1n) is 23.6. The van der Waals surface area contributed by atoms with Gasteiger partial charge in [-0.05, 0) is 113 Å². The largest absolute Gasteiger partial charge is 0.494 e. The Morgan fingerprint density at radius 1 is 0.868 bits per heavy atom. The lowest BCUT2D eigenvalue weighted by Crippen LogP contribution is -2.58. The van der Waals surface area contributed by atoms with Gasteiger partial charge in [0, 0.05) is 85.2 Å². The van der Waals surface area contributed by atoms with Gasteiger partial charge in [0.15, 0.2) is 0 Å². The summed E-state index contributed by atoms with van der Waals surface area (Å²) in [4.78, 5) is 58.4. The van der Waals surface area contributed by atoms with Crippen LogP contribution in [-0.4, -0.2) is 121 Å². The van der Waals surface area contributed by atoms with Gasteiger partial charge in [-0.25, -0.2) is 0 Å². The van der Waals surface area contributed by atoms with Gasteiger partial charge in [0.2, 0.25) is 11.8 Å². The number of hydrogen-bond donors (Lipinski definition) is 7. The number of amidine groups is 2. The van der Waals surface area contributed by atoms with Crippen LogP contribution in [0.1, 0.15) is 102 Å². The van der Waals surface area contributed by atoms with Crippen LogP contribution in [0.2, 0.25) is 0 Å². The molecule has 0 bridgehead atoms. The van der Waals surface area contributed by atoms with Crippen molar-refractivity contribution in [2.75, 3.05) is 70.3 Å². The van der Waals surface area contributed by atoms with Crippen molar-refractivity contribution in [3.05, 3.63) is 119 Å². The van der Waals surface area contributed by atoms with Crippen LogP contribution in [0.5, 0.6) is 5.75 Å².